The van der Waals surface area contributed by atoms with Crippen LogP contribution in [0.4, 0.5) is 4.79 Å². The number of carbonyl (C=O) groups excluding carboxylic acids is 1. The highest BCUT2D eigenvalue weighted by molar-refractivity contribution is 5.73. The molecule has 1 aromatic carbocycles. The quantitative estimate of drug-likeness (QED) is 0.657. The zero-order valence-electron chi connectivity index (χ0n) is 14.6. The fourth-order valence-electron chi connectivity index (χ4n) is 2.72. The second kappa shape index (κ2) is 9.36. The summed E-state index contributed by atoms with van der Waals surface area (Å²) in [5.74, 6) is 0.856. The molecule has 0 saturated heterocycles. The van der Waals surface area contributed by atoms with E-state index in [9.17, 15) is 4.79 Å². The first kappa shape index (κ1) is 17.7. The summed E-state index contributed by atoms with van der Waals surface area (Å²) in [6.07, 6.45) is 9.22. The molecule has 0 fully saturated rings. The van der Waals surface area contributed by atoms with Gasteiger partial charge in [0.05, 0.1) is 6.54 Å². The van der Waals surface area contributed by atoms with Crippen molar-refractivity contribution in [2.75, 3.05) is 0 Å². The van der Waals surface area contributed by atoms with Crippen LogP contribution in [-0.4, -0.2) is 20.6 Å². The van der Waals surface area contributed by atoms with Gasteiger partial charge in [-0.2, -0.15) is 0 Å². The number of nitrogens with one attached hydrogen (secondary N) is 2. The van der Waals surface area contributed by atoms with Crippen LogP contribution in [0.5, 0.6) is 0 Å². The van der Waals surface area contributed by atoms with Crippen LogP contribution in [0.15, 0.2) is 67.3 Å². The third-order valence-electron chi connectivity index (χ3n) is 4.09. The Morgan fingerprint density at radius 3 is 2.58 bits per heavy atom. The minimum absolute atomic E-state index is 0.215. The maximum absolute atomic E-state index is 11.9. The Labute approximate surface area is 153 Å². The van der Waals surface area contributed by atoms with Gasteiger partial charge in [0.15, 0.2) is 0 Å². The average Bonchev–Trinajstić information content (AvgIpc) is 3.14. The smallest absolute Gasteiger partial charge is 0.315 e. The predicted molar refractivity (Wildman–Crippen MR) is 100 cm³/mol. The molecule has 3 rings (SSSR count). The zero-order valence-corrected chi connectivity index (χ0v) is 14.6. The highest BCUT2D eigenvalue weighted by atomic mass is 16.2. The molecule has 0 aliphatic carbocycles. The van der Waals surface area contributed by atoms with Gasteiger partial charge in [0, 0.05) is 37.9 Å². The number of carbonyl (C=O) groups is 1. The molecule has 26 heavy (non-hydrogen) atoms. The highest BCUT2D eigenvalue weighted by Gasteiger charge is 2.06. The summed E-state index contributed by atoms with van der Waals surface area (Å²) < 4.78 is 2.09. The molecule has 2 amide bonds. The first-order valence-electron chi connectivity index (χ1n) is 8.76. The third kappa shape index (κ3) is 5.44. The number of urea groups is 1. The number of amides is 2. The summed E-state index contributed by atoms with van der Waals surface area (Å²) in [6.45, 7) is 1.73. The van der Waals surface area contributed by atoms with Gasteiger partial charge >= 0.3 is 6.03 Å². The molecule has 2 aromatic heterocycles. The van der Waals surface area contributed by atoms with Crippen molar-refractivity contribution in [3.63, 3.8) is 0 Å². The number of aromatic nitrogens is 3. The number of pyridine rings is 1. The van der Waals surface area contributed by atoms with Gasteiger partial charge in [-0.15, -0.1) is 0 Å². The van der Waals surface area contributed by atoms with Gasteiger partial charge in [0.2, 0.25) is 0 Å². The van der Waals surface area contributed by atoms with Gasteiger partial charge in [-0.1, -0.05) is 36.4 Å². The van der Waals surface area contributed by atoms with E-state index in [0.717, 1.165) is 30.8 Å². The van der Waals surface area contributed by atoms with Crippen LogP contribution >= 0.6 is 0 Å². The summed E-state index contributed by atoms with van der Waals surface area (Å²) in [5.41, 5.74) is 2.30. The molecule has 0 radical (unpaired) electrons. The van der Waals surface area contributed by atoms with Crippen molar-refractivity contribution in [2.24, 2.45) is 0 Å². The van der Waals surface area contributed by atoms with Crippen molar-refractivity contribution in [2.45, 2.75) is 32.5 Å². The SMILES string of the molecule is O=C(NCc1cccnc1)NCc1nccn1CCCc1ccccc1. The third-order valence-corrected chi connectivity index (χ3v) is 4.09. The molecule has 6 nitrogen and oxygen atoms in total. The molecular weight excluding hydrogens is 326 g/mol. The van der Waals surface area contributed by atoms with Crippen LogP contribution < -0.4 is 10.6 Å². The van der Waals surface area contributed by atoms with E-state index in [0.29, 0.717) is 13.1 Å². The minimum Gasteiger partial charge on any atom is -0.334 e. The fraction of sp³-hybridized carbons (Fsp3) is 0.250. The van der Waals surface area contributed by atoms with Gasteiger partial charge < -0.3 is 15.2 Å². The van der Waals surface area contributed by atoms with E-state index in [1.165, 1.54) is 5.56 Å². The lowest BCUT2D eigenvalue weighted by atomic mass is 10.1. The Bertz CT molecular complexity index is 801. The molecule has 0 spiro atoms. The highest BCUT2D eigenvalue weighted by Crippen LogP contribution is 2.06. The fourth-order valence-corrected chi connectivity index (χ4v) is 2.72. The van der Waals surface area contributed by atoms with E-state index in [1.54, 1.807) is 18.6 Å². The average molecular weight is 349 g/mol. The van der Waals surface area contributed by atoms with Crippen LogP contribution in [0.1, 0.15) is 23.4 Å². The van der Waals surface area contributed by atoms with Gasteiger partial charge in [0.25, 0.3) is 0 Å². The summed E-state index contributed by atoms with van der Waals surface area (Å²) in [6, 6.07) is 14.0. The van der Waals surface area contributed by atoms with Gasteiger partial charge in [-0.25, -0.2) is 9.78 Å². The number of aryl methyl sites for hydroxylation is 2. The van der Waals surface area contributed by atoms with Crippen molar-refractivity contribution < 1.29 is 4.79 Å². The van der Waals surface area contributed by atoms with Crippen molar-refractivity contribution in [1.29, 1.82) is 0 Å². The minimum atomic E-state index is -0.215. The molecule has 0 saturated carbocycles. The van der Waals surface area contributed by atoms with Crippen molar-refractivity contribution in [1.82, 2.24) is 25.2 Å². The van der Waals surface area contributed by atoms with E-state index >= 15 is 0 Å². The molecule has 134 valence electrons. The van der Waals surface area contributed by atoms with Crippen LogP contribution in [-0.2, 0) is 26.1 Å². The number of benzene rings is 1. The Morgan fingerprint density at radius 2 is 1.77 bits per heavy atom. The molecular formula is C20H23N5O. The molecule has 0 bridgehead atoms. The predicted octanol–water partition coefficient (Wildman–Crippen LogP) is 2.91. The monoisotopic (exact) mass is 349 g/mol. The van der Waals surface area contributed by atoms with Gasteiger partial charge in [-0.3, -0.25) is 4.98 Å². The van der Waals surface area contributed by atoms with E-state index in [4.69, 9.17) is 0 Å². The second-order valence-electron chi connectivity index (χ2n) is 6.02. The van der Waals surface area contributed by atoms with Crippen LogP contribution in [0, 0.1) is 0 Å². The van der Waals surface area contributed by atoms with Gasteiger partial charge in [0.1, 0.15) is 5.82 Å². The molecule has 0 unspecified atom stereocenters. The molecule has 2 N–H and O–H groups in total. The zero-order chi connectivity index (χ0) is 18.0. The lowest BCUT2D eigenvalue weighted by Crippen LogP contribution is -2.35. The van der Waals surface area contributed by atoms with Crippen LogP contribution in [0.25, 0.3) is 0 Å². The lowest BCUT2D eigenvalue weighted by Gasteiger charge is -2.10. The maximum Gasteiger partial charge on any atom is 0.315 e. The second-order valence-corrected chi connectivity index (χ2v) is 6.02. The largest absolute Gasteiger partial charge is 0.334 e. The topological polar surface area (TPSA) is 71.8 Å². The summed E-state index contributed by atoms with van der Waals surface area (Å²) >= 11 is 0. The number of hydrogen-bond donors (Lipinski definition) is 2. The molecule has 0 aliphatic heterocycles. The van der Waals surface area contributed by atoms with E-state index < -0.39 is 0 Å². The first-order chi connectivity index (χ1) is 12.8. The Balaban J connectivity index is 1.41. The Kier molecular flexibility index (Phi) is 6.36. The number of nitrogens with zero attached hydrogens (tertiary/aromatic N) is 3. The van der Waals surface area contributed by atoms with Crippen molar-refractivity contribution in [3.8, 4) is 0 Å². The molecule has 2 heterocycles. The lowest BCUT2D eigenvalue weighted by molar-refractivity contribution is 0.239. The van der Waals surface area contributed by atoms with Crippen LogP contribution in [0.2, 0.25) is 0 Å². The first-order valence-corrected chi connectivity index (χ1v) is 8.76. The number of hydrogen-bond acceptors (Lipinski definition) is 3. The Hall–Kier alpha value is -3.15. The normalized spacial score (nSPS) is 10.5. The van der Waals surface area contributed by atoms with Crippen LogP contribution in [0.3, 0.4) is 0 Å². The number of rotatable bonds is 8. The summed E-state index contributed by atoms with van der Waals surface area (Å²) in [4.78, 5) is 20.3. The van der Waals surface area contributed by atoms with E-state index in [-0.39, 0.29) is 6.03 Å². The maximum atomic E-state index is 11.9. The molecule has 0 atom stereocenters. The standard InChI is InChI=1S/C20H23N5O/c26-20(23-15-18-8-4-10-21-14-18)24-16-19-22-11-13-25(19)12-5-9-17-6-2-1-3-7-17/h1-4,6-8,10-11,13-14H,5,9,12,15-16H2,(H2,23,24,26). The van der Waals surface area contributed by atoms with Gasteiger partial charge in [-0.05, 0) is 30.0 Å². The van der Waals surface area contributed by atoms with E-state index in [2.05, 4.69) is 49.4 Å². The summed E-state index contributed by atoms with van der Waals surface area (Å²) in [7, 11) is 0. The Morgan fingerprint density at radius 1 is 0.962 bits per heavy atom. The molecule has 6 heteroatoms. The molecule has 3 aromatic rings. The van der Waals surface area contributed by atoms with E-state index in [1.807, 2.05) is 24.4 Å². The summed E-state index contributed by atoms with van der Waals surface area (Å²) in [5, 5.41) is 5.67. The van der Waals surface area contributed by atoms with Crippen molar-refractivity contribution >= 4 is 6.03 Å². The van der Waals surface area contributed by atoms with Crippen molar-refractivity contribution in [3.05, 3.63) is 84.2 Å². The molecule has 0 aliphatic rings. The number of imidazole rings is 1.